The molecule has 1 aliphatic carbocycles. The third-order valence-electron chi connectivity index (χ3n) is 3.57. The highest BCUT2D eigenvalue weighted by Crippen LogP contribution is 2.36. The molecule has 0 spiro atoms. The third kappa shape index (κ3) is 2.58. The lowest BCUT2D eigenvalue weighted by molar-refractivity contribution is -0.142. The van der Waals surface area contributed by atoms with E-state index in [1.807, 2.05) is 0 Å². The van der Waals surface area contributed by atoms with E-state index in [0.29, 0.717) is 30.1 Å². The van der Waals surface area contributed by atoms with Crippen molar-refractivity contribution in [1.82, 2.24) is 20.0 Å². The van der Waals surface area contributed by atoms with E-state index in [1.54, 1.807) is 0 Å². The Hall–Kier alpha value is -1.97. The molecule has 0 saturated heterocycles. The van der Waals surface area contributed by atoms with E-state index in [2.05, 4.69) is 15.3 Å². The number of hydrogen-bond donors (Lipinski definition) is 0. The largest absolute Gasteiger partial charge is 0.435 e. The van der Waals surface area contributed by atoms with Crippen LogP contribution in [0.3, 0.4) is 0 Å². The van der Waals surface area contributed by atoms with Crippen LogP contribution in [-0.4, -0.2) is 32.9 Å². The zero-order valence-corrected chi connectivity index (χ0v) is 12.4. The molecule has 10 heteroatoms. The maximum atomic E-state index is 13.0. The Labute approximate surface area is 127 Å². The summed E-state index contributed by atoms with van der Waals surface area (Å²) < 4.78 is 40.1. The van der Waals surface area contributed by atoms with Gasteiger partial charge in [0.15, 0.2) is 5.69 Å². The molecule has 0 radical (unpaired) electrons. The average molecular weight is 331 g/mol. The molecule has 1 amide bonds. The van der Waals surface area contributed by atoms with E-state index in [0.717, 1.165) is 0 Å². The molecule has 6 nitrogen and oxygen atoms in total. The van der Waals surface area contributed by atoms with Gasteiger partial charge in [0.1, 0.15) is 12.1 Å². The van der Waals surface area contributed by atoms with Gasteiger partial charge in [-0.05, 0) is 19.3 Å². The predicted octanol–water partition coefficient (Wildman–Crippen LogP) is 1.91. The maximum Gasteiger partial charge on any atom is 0.435 e. The zero-order chi connectivity index (χ0) is 15.9. The molecular weight excluding hydrogens is 319 g/mol. The van der Waals surface area contributed by atoms with Crippen molar-refractivity contribution in [3.05, 3.63) is 22.5 Å². The SMILES string of the molecule is CN(C(=O)Cn1nc(C(F)(F)F)c2c1CCC2)c1nncs1. The molecule has 22 heavy (non-hydrogen) atoms. The van der Waals surface area contributed by atoms with Crippen LogP contribution in [0.15, 0.2) is 5.51 Å². The van der Waals surface area contributed by atoms with Crippen molar-refractivity contribution < 1.29 is 18.0 Å². The van der Waals surface area contributed by atoms with Gasteiger partial charge in [0.25, 0.3) is 0 Å². The maximum absolute atomic E-state index is 13.0. The topological polar surface area (TPSA) is 63.9 Å². The third-order valence-corrected chi connectivity index (χ3v) is 4.34. The van der Waals surface area contributed by atoms with Gasteiger partial charge in [-0.25, -0.2) is 0 Å². The first-order valence-corrected chi connectivity index (χ1v) is 7.44. The van der Waals surface area contributed by atoms with Crippen LogP contribution in [0.1, 0.15) is 23.4 Å². The Morgan fingerprint density at radius 3 is 2.86 bits per heavy atom. The summed E-state index contributed by atoms with van der Waals surface area (Å²) in [6, 6.07) is 0. The normalized spacial score (nSPS) is 14.2. The monoisotopic (exact) mass is 331 g/mol. The van der Waals surface area contributed by atoms with Crippen LogP contribution in [0.4, 0.5) is 18.3 Å². The van der Waals surface area contributed by atoms with Crippen LogP contribution in [0, 0.1) is 0 Å². The Kier molecular flexibility index (Phi) is 3.63. The fraction of sp³-hybridized carbons (Fsp3) is 0.500. The number of nitrogens with zero attached hydrogens (tertiary/aromatic N) is 5. The first kappa shape index (κ1) is 14.9. The lowest BCUT2D eigenvalue weighted by Crippen LogP contribution is -2.31. The second-order valence-electron chi connectivity index (χ2n) is 4.96. The van der Waals surface area contributed by atoms with Gasteiger partial charge in [-0.1, -0.05) is 11.3 Å². The van der Waals surface area contributed by atoms with Gasteiger partial charge in [-0.3, -0.25) is 14.4 Å². The minimum absolute atomic E-state index is 0.221. The minimum atomic E-state index is -4.49. The first-order valence-electron chi connectivity index (χ1n) is 6.56. The summed E-state index contributed by atoms with van der Waals surface area (Å²) in [5, 5.41) is 11.4. The Morgan fingerprint density at radius 2 is 2.23 bits per heavy atom. The minimum Gasteiger partial charge on any atom is -0.288 e. The number of carbonyl (C=O) groups excluding carboxylic acids is 1. The van der Waals surface area contributed by atoms with E-state index in [9.17, 15) is 18.0 Å². The van der Waals surface area contributed by atoms with Crippen LogP contribution in [0.25, 0.3) is 0 Å². The number of fused-ring (bicyclic) bond motifs is 1. The van der Waals surface area contributed by atoms with E-state index in [4.69, 9.17) is 0 Å². The molecule has 0 atom stereocenters. The van der Waals surface area contributed by atoms with Crippen LogP contribution >= 0.6 is 11.3 Å². The number of amides is 1. The van der Waals surface area contributed by atoms with E-state index < -0.39 is 11.9 Å². The summed E-state index contributed by atoms with van der Waals surface area (Å²) in [4.78, 5) is 13.5. The average Bonchev–Trinajstić information content (AvgIpc) is 3.14. The van der Waals surface area contributed by atoms with E-state index in [-0.39, 0.29) is 18.0 Å². The molecule has 2 heterocycles. The molecule has 2 aromatic rings. The summed E-state index contributed by atoms with van der Waals surface area (Å²) in [7, 11) is 1.51. The fourth-order valence-electron chi connectivity index (χ4n) is 2.52. The van der Waals surface area contributed by atoms with Gasteiger partial charge >= 0.3 is 6.18 Å². The van der Waals surface area contributed by atoms with Gasteiger partial charge < -0.3 is 0 Å². The van der Waals surface area contributed by atoms with Gasteiger partial charge in [-0.2, -0.15) is 18.3 Å². The number of hydrogen-bond acceptors (Lipinski definition) is 5. The molecule has 118 valence electrons. The number of aromatic nitrogens is 4. The summed E-state index contributed by atoms with van der Waals surface area (Å²) in [6.07, 6.45) is -2.98. The van der Waals surface area contributed by atoms with Crippen molar-refractivity contribution in [3.8, 4) is 0 Å². The van der Waals surface area contributed by atoms with Crippen LogP contribution in [-0.2, 0) is 30.4 Å². The molecule has 0 N–H and O–H groups in total. The molecule has 0 bridgehead atoms. The van der Waals surface area contributed by atoms with E-state index in [1.165, 1.54) is 33.5 Å². The second kappa shape index (κ2) is 5.34. The Morgan fingerprint density at radius 1 is 1.45 bits per heavy atom. The van der Waals surface area contributed by atoms with Gasteiger partial charge in [0.05, 0.1) is 0 Å². The Bertz CT molecular complexity index is 694. The molecule has 0 aromatic carbocycles. The highest BCUT2D eigenvalue weighted by Gasteiger charge is 2.40. The molecule has 3 rings (SSSR count). The molecule has 0 unspecified atom stereocenters. The van der Waals surface area contributed by atoms with Crippen molar-refractivity contribution in [2.75, 3.05) is 11.9 Å². The predicted molar refractivity (Wildman–Crippen MR) is 72.6 cm³/mol. The summed E-state index contributed by atoms with van der Waals surface area (Å²) in [5.74, 6) is -0.386. The second-order valence-corrected chi connectivity index (χ2v) is 5.77. The highest BCUT2D eigenvalue weighted by molar-refractivity contribution is 7.13. The summed E-state index contributed by atoms with van der Waals surface area (Å²) in [6.45, 7) is -0.242. The molecule has 2 aromatic heterocycles. The van der Waals surface area contributed by atoms with Crippen molar-refractivity contribution in [1.29, 1.82) is 0 Å². The number of likely N-dealkylation sites (N-methyl/N-ethyl adjacent to an activating group) is 1. The van der Waals surface area contributed by atoms with Gasteiger partial charge in [0, 0.05) is 18.3 Å². The summed E-state index contributed by atoms with van der Waals surface area (Å²) in [5.41, 5.74) is 1.34. The lowest BCUT2D eigenvalue weighted by Gasteiger charge is -2.14. The number of carbonyl (C=O) groups is 1. The van der Waals surface area contributed by atoms with Crippen LogP contribution < -0.4 is 4.90 Å². The number of rotatable bonds is 3. The molecular formula is C12H12F3N5OS. The number of anilines is 1. The highest BCUT2D eigenvalue weighted by atomic mass is 32.1. The zero-order valence-electron chi connectivity index (χ0n) is 11.6. The quantitative estimate of drug-likeness (QED) is 0.862. The van der Waals surface area contributed by atoms with Crippen LogP contribution in [0.2, 0.25) is 0 Å². The van der Waals surface area contributed by atoms with Crippen molar-refractivity contribution >= 4 is 22.4 Å². The summed E-state index contributed by atoms with van der Waals surface area (Å²) >= 11 is 1.18. The molecule has 0 aliphatic heterocycles. The number of halogens is 3. The lowest BCUT2D eigenvalue weighted by atomic mass is 10.2. The van der Waals surface area contributed by atoms with Crippen LogP contribution in [0.5, 0.6) is 0 Å². The molecule has 0 saturated carbocycles. The number of alkyl halides is 3. The van der Waals surface area contributed by atoms with Crippen molar-refractivity contribution in [3.63, 3.8) is 0 Å². The molecule has 1 aliphatic rings. The van der Waals surface area contributed by atoms with E-state index >= 15 is 0 Å². The Balaban J connectivity index is 1.86. The molecule has 0 fully saturated rings. The standard InChI is InChI=1S/C12H12F3N5OS/c1-19(11-17-16-6-22-11)9(21)5-20-8-4-2-3-7(8)10(18-20)12(13,14)15/h6H,2-5H2,1H3. The van der Waals surface area contributed by atoms with Gasteiger partial charge in [0.2, 0.25) is 11.0 Å². The first-order chi connectivity index (χ1) is 10.4. The smallest absolute Gasteiger partial charge is 0.288 e. The fourth-order valence-corrected chi connectivity index (χ4v) is 3.06. The van der Waals surface area contributed by atoms with Crippen molar-refractivity contribution in [2.45, 2.75) is 32.0 Å². The van der Waals surface area contributed by atoms with Crippen molar-refractivity contribution in [2.24, 2.45) is 0 Å². The van der Waals surface area contributed by atoms with Gasteiger partial charge in [-0.15, -0.1) is 10.2 Å².